The van der Waals surface area contributed by atoms with Gasteiger partial charge in [0.1, 0.15) is 5.54 Å². The van der Waals surface area contributed by atoms with Crippen molar-refractivity contribution in [3.8, 4) is 0 Å². The Bertz CT molecular complexity index is 260. The maximum absolute atomic E-state index is 12.8. The summed E-state index contributed by atoms with van der Waals surface area (Å²) in [7, 11) is 2.03. The van der Waals surface area contributed by atoms with Crippen molar-refractivity contribution in [2.75, 3.05) is 13.6 Å². The van der Waals surface area contributed by atoms with E-state index in [-0.39, 0.29) is 18.9 Å². The lowest BCUT2D eigenvalue weighted by Gasteiger charge is -2.37. The molecule has 2 fully saturated rings. The molecule has 1 aliphatic carbocycles. The van der Waals surface area contributed by atoms with E-state index in [2.05, 4.69) is 17.1 Å². The molecular formula is C11H19F3N2. The number of nitrogens with one attached hydrogen (secondary N) is 1. The van der Waals surface area contributed by atoms with Crippen LogP contribution in [0.25, 0.3) is 0 Å². The molecule has 16 heavy (non-hydrogen) atoms. The van der Waals surface area contributed by atoms with E-state index in [1.165, 1.54) is 0 Å². The normalized spacial score (nSPS) is 35.1. The summed E-state index contributed by atoms with van der Waals surface area (Å²) >= 11 is 0. The van der Waals surface area contributed by atoms with Crippen molar-refractivity contribution in [2.24, 2.45) is 0 Å². The fourth-order valence-corrected chi connectivity index (χ4v) is 2.45. The van der Waals surface area contributed by atoms with Crippen molar-refractivity contribution in [1.82, 2.24) is 10.2 Å². The van der Waals surface area contributed by atoms with Gasteiger partial charge in [-0.25, -0.2) is 0 Å². The van der Waals surface area contributed by atoms with Gasteiger partial charge < -0.3 is 10.2 Å². The maximum atomic E-state index is 12.8. The van der Waals surface area contributed by atoms with Crippen molar-refractivity contribution in [3.05, 3.63) is 0 Å². The highest BCUT2D eigenvalue weighted by Gasteiger charge is 2.63. The van der Waals surface area contributed by atoms with Gasteiger partial charge >= 0.3 is 6.18 Å². The average Bonchev–Trinajstić information content (AvgIpc) is 2.91. The summed E-state index contributed by atoms with van der Waals surface area (Å²) in [6.07, 6.45) is -1.96. The third-order valence-electron chi connectivity index (χ3n) is 3.98. The van der Waals surface area contributed by atoms with E-state index < -0.39 is 11.7 Å². The second-order valence-electron chi connectivity index (χ2n) is 5.28. The van der Waals surface area contributed by atoms with E-state index >= 15 is 0 Å². The molecule has 1 N–H and O–H groups in total. The highest BCUT2D eigenvalue weighted by molar-refractivity contribution is 5.09. The number of piperidine rings is 1. The summed E-state index contributed by atoms with van der Waals surface area (Å²) in [4.78, 5) is 2.20. The van der Waals surface area contributed by atoms with E-state index in [1.807, 2.05) is 7.05 Å². The van der Waals surface area contributed by atoms with E-state index in [0.29, 0.717) is 6.04 Å². The van der Waals surface area contributed by atoms with Gasteiger partial charge in [-0.3, -0.25) is 0 Å². The third kappa shape index (κ3) is 2.20. The van der Waals surface area contributed by atoms with Gasteiger partial charge in [0, 0.05) is 12.1 Å². The first kappa shape index (κ1) is 12.2. The molecule has 2 aliphatic rings. The van der Waals surface area contributed by atoms with Gasteiger partial charge in [0.15, 0.2) is 0 Å². The second-order valence-corrected chi connectivity index (χ2v) is 5.28. The lowest BCUT2D eigenvalue weighted by Crippen LogP contribution is -2.54. The van der Waals surface area contributed by atoms with Crippen LogP contribution in [-0.2, 0) is 0 Å². The monoisotopic (exact) mass is 236 g/mol. The molecule has 1 heterocycles. The fraction of sp³-hybridized carbons (Fsp3) is 1.00. The Hall–Kier alpha value is -0.290. The van der Waals surface area contributed by atoms with Crippen molar-refractivity contribution in [3.63, 3.8) is 0 Å². The van der Waals surface area contributed by atoms with Crippen LogP contribution in [0.15, 0.2) is 0 Å². The molecule has 0 aromatic heterocycles. The van der Waals surface area contributed by atoms with Gasteiger partial charge in [-0.2, -0.15) is 13.2 Å². The maximum Gasteiger partial charge on any atom is 0.406 e. The number of halogens is 3. The van der Waals surface area contributed by atoms with E-state index in [0.717, 1.165) is 19.4 Å². The number of alkyl halides is 3. The Kier molecular flexibility index (Phi) is 2.95. The van der Waals surface area contributed by atoms with E-state index in [9.17, 15) is 13.2 Å². The number of rotatable bonds is 2. The number of likely N-dealkylation sites (tertiary alicyclic amines) is 1. The molecule has 1 saturated carbocycles. The highest BCUT2D eigenvalue weighted by Crippen LogP contribution is 2.49. The molecule has 2 nitrogen and oxygen atoms in total. The number of nitrogens with zero attached hydrogens (tertiary/aromatic N) is 1. The van der Waals surface area contributed by atoms with Crippen molar-refractivity contribution >= 4 is 0 Å². The molecule has 1 aliphatic heterocycles. The van der Waals surface area contributed by atoms with Crippen LogP contribution >= 0.6 is 0 Å². The Balaban J connectivity index is 1.91. The van der Waals surface area contributed by atoms with Crippen LogP contribution in [0.5, 0.6) is 0 Å². The predicted octanol–water partition coefficient (Wildman–Crippen LogP) is 2.15. The summed E-state index contributed by atoms with van der Waals surface area (Å²) in [5, 5.41) is 2.85. The first-order chi connectivity index (χ1) is 7.34. The van der Waals surface area contributed by atoms with Crippen molar-refractivity contribution in [1.29, 1.82) is 0 Å². The minimum Gasteiger partial charge on any atom is -0.304 e. The van der Waals surface area contributed by atoms with Gasteiger partial charge in [-0.15, -0.1) is 0 Å². The molecule has 94 valence electrons. The SMILES string of the molecule is CC1CC(NC2(C(F)(F)F)CC2)CCN1C. The van der Waals surface area contributed by atoms with Gasteiger partial charge in [-0.05, 0) is 46.2 Å². The van der Waals surface area contributed by atoms with Crippen molar-refractivity contribution < 1.29 is 13.2 Å². The van der Waals surface area contributed by atoms with Crippen LogP contribution in [0, 0.1) is 0 Å². The quantitative estimate of drug-likeness (QED) is 0.790. The zero-order valence-electron chi connectivity index (χ0n) is 9.77. The first-order valence-electron chi connectivity index (χ1n) is 5.89. The number of hydrogen-bond donors (Lipinski definition) is 1. The fourth-order valence-electron chi connectivity index (χ4n) is 2.45. The predicted molar refractivity (Wildman–Crippen MR) is 56.3 cm³/mol. The molecule has 0 aromatic rings. The highest BCUT2D eigenvalue weighted by atomic mass is 19.4. The van der Waals surface area contributed by atoms with Gasteiger partial charge in [0.25, 0.3) is 0 Å². The smallest absolute Gasteiger partial charge is 0.304 e. The number of hydrogen-bond acceptors (Lipinski definition) is 2. The first-order valence-corrected chi connectivity index (χ1v) is 5.89. The Morgan fingerprint density at radius 2 is 1.94 bits per heavy atom. The molecule has 0 aromatic carbocycles. The van der Waals surface area contributed by atoms with Gasteiger partial charge in [0.2, 0.25) is 0 Å². The Labute approximate surface area is 94.2 Å². The standard InChI is InChI=1S/C11H19F3N2/c1-8-7-9(3-6-16(8)2)15-10(4-5-10)11(12,13)14/h8-9,15H,3-7H2,1-2H3. The van der Waals surface area contributed by atoms with E-state index in [4.69, 9.17) is 0 Å². The van der Waals surface area contributed by atoms with Crippen LogP contribution in [0.2, 0.25) is 0 Å². The molecule has 0 radical (unpaired) electrons. The van der Waals surface area contributed by atoms with Crippen LogP contribution in [0.1, 0.15) is 32.6 Å². The summed E-state index contributed by atoms with van der Waals surface area (Å²) < 4.78 is 38.3. The average molecular weight is 236 g/mol. The summed E-state index contributed by atoms with van der Waals surface area (Å²) in [6, 6.07) is 0.394. The molecule has 0 amide bonds. The van der Waals surface area contributed by atoms with Crippen LogP contribution in [0.3, 0.4) is 0 Å². The lowest BCUT2D eigenvalue weighted by atomic mass is 9.97. The molecule has 2 unspecified atom stereocenters. The van der Waals surface area contributed by atoms with Crippen LogP contribution < -0.4 is 5.32 Å². The van der Waals surface area contributed by atoms with Gasteiger partial charge in [-0.1, -0.05) is 0 Å². The van der Waals surface area contributed by atoms with Crippen LogP contribution in [0.4, 0.5) is 13.2 Å². The Morgan fingerprint density at radius 1 is 1.31 bits per heavy atom. The molecule has 5 heteroatoms. The van der Waals surface area contributed by atoms with Gasteiger partial charge in [0.05, 0.1) is 0 Å². The zero-order valence-corrected chi connectivity index (χ0v) is 9.77. The van der Waals surface area contributed by atoms with E-state index in [1.54, 1.807) is 0 Å². The van der Waals surface area contributed by atoms with Crippen LogP contribution in [-0.4, -0.2) is 42.3 Å². The zero-order chi connectivity index (χ0) is 12.0. The Morgan fingerprint density at radius 3 is 2.38 bits per heavy atom. The molecule has 0 spiro atoms. The topological polar surface area (TPSA) is 15.3 Å². The molecule has 2 atom stereocenters. The minimum absolute atomic E-state index is 0.0234. The summed E-state index contributed by atoms with van der Waals surface area (Å²) in [5.41, 5.74) is -1.55. The minimum atomic E-state index is -4.08. The largest absolute Gasteiger partial charge is 0.406 e. The summed E-state index contributed by atoms with van der Waals surface area (Å²) in [6.45, 7) is 2.95. The van der Waals surface area contributed by atoms with Crippen molar-refractivity contribution in [2.45, 2.75) is 56.4 Å². The molecule has 2 rings (SSSR count). The summed E-state index contributed by atoms with van der Waals surface area (Å²) in [5.74, 6) is 0. The molecular weight excluding hydrogens is 217 g/mol. The molecule has 0 bridgehead atoms. The lowest BCUT2D eigenvalue weighted by molar-refractivity contribution is -0.168. The second kappa shape index (κ2) is 3.88. The molecule has 1 saturated heterocycles. The third-order valence-corrected chi connectivity index (χ3v) is 3.98.